The van der Waals surface area contributed by atoms with Crippen molar-refractivity contribution in [2.45, 2.75) is 13.5 Å². The fourth-order valence-corrected chi connectivity index (χ4v) is 4.14. The highest BCUT2D eigenvalue weighted by Gasteiger charge is 2.16. The van der Waals surface area contributed by atoms with Crippen LogP contribution in [0.15, 0.2) is 36.0 Å². The highest BCUT2D eigenvalue weighted by Crippen LogP contribution is 2.31. The van der Waals surface area contributed by atoms with E-state index in [4.69, 9.17) is 23.2 Å². The van der Waals surface area contributed by atoms with Gasteiger partial charge in [0.25, 0.3) is 5.91 Å². The van der Waals surface area contributed by atoms with Crippen LogP contribution in [0.2, 0.25) is 10.0 Å². The van der Waals surface area contributed by atoms with Crippen LogP contribution in [0.3, 0.4) is 0 Å². The maximum absolute atomic E-state index is 12.6. The predicted molar refractivity (Wildman–Crippen MR) is 97.9 cm³/mol. The van der Waals surface area contributed by atoms with Gasteiger partial charge in [-0.1, -0.05) is 40.6 Å². The number of aromatic nitrogens is 3. The van der Waals surface area contributed by atoms with Gasteiger partial charge < -0.3 is 4.57 Å². The number of carbonyl (C=O) groups excluding carboxylic acids is 1. The van der Waals surface area contributed by atoms with Crippen LogP contribution in [-0.4, -0.2) is 20.3 Å². The smallest absolute Gasteiger partial charge is 0.298 e. The number of hydrogen-bond donors (Lipinski definition) is 0. The predicted octanol–water partition coefficient (Wildman–Crippen LogP) is 3.98. The summed E-state index contributed by atoms with van der Waals surface area (Å²) in [5.74, 6) is -0.357. The second-order valence-electron chi connectivity index (χ2n) is 5.21. The van der Waals surface area contributed by atoms with E-state index < -0.39 is 0 Å². The number of halogens is 2. The zero-order valence-electron chi connectivity index (χ0n) is 13.1. The highest BCUT2D eigenvalue weighted by atomic mass is 35.5. The summed E-state index contributed by atoms with van der Waals surface area (Å²) in [5.41, 5.74) is 1.98. The SMILES string of the molecule is C=CCn1c(=NC(=O)c2c(C)cnn2C)sc2c(Cl)ccc(Cl)c21. The van der Waals surface area contributed by atoms with Crippen LogP contribution in [-0.2, 0) is 13.6 Å². The maximum Gasteiger partial charge on any atom is 0.298 e. The molecule has 5 nitrogen and oxygen atoms in total. The van der Waals surface area contributed by atoms with Crippen molar-refractivity contribution in [2.24, 2.45) is 12.0 Å². The Morgan fingerprint density at radius 3 is 2.75 bits per heavy atom. The van der Waals surface area contributed by atoms with E-state index in [1.807, 2.05) is 11.5 Å². The molecule has 1 aromatic carbocycles. The number of thiazole rings is 1. The van der Waals surface area contributed by atoms with Crippen LogP contribution < -0.4 is 4.80 Å². The van der Waals surface area contributed by atoms with E-state index in [1.54, 1.807) is 31.5 Å². The summed E-state index contributed by atoms with van der Waals surface area (Å²) >= 11 is 13.9. The Labute approximate surface area is 152 Å². The second-order valence-corrected chi connectivity index (χ2v) is 7.00. The van der Waals surface area contributed by atoms with Gasteiger partial charge in [-0.25, -0.2) is 0 Å². The quantitative estimate of drug-likeness (QED) is 0.645. The molecule has 0 aliphatic heterocycles. The number of amides is 1. The van der Waals surface area contributed by atoms with Crippen LogP contribution >= 0.6 is 34.5 Å². The van der Waals surface area contributed by atoms with Crippen molar-refractivity contribution >= 4 is 50.7 Å². The van der Waals surface area contributed by atoms with E-state index >= 15 is 0 Å². The molecular formula is C16H14Cl2N4OS. The third kappa shape index (κ3) is 2.81. The summed E-state index contributed by atoms with van der Waals surface area (Å²) in [7, 11) is 1.71. The molecule has 0 unspecified atom stereocenters. The molecule has 0 aliphatic carbocycles. The van der Waals surface area contributed by atoms with E-state index in [9.17, 15) is 4.79 Å². The van der Waals surface area contributed by atoms with Crippen LogP contribution in [0.5, 0.6) is 0 Å². The van der Waals surface area contributed by atoms with E-state index in [2.05, 4.69) is 16.7 Å². The Morgan fingerprint density at radius 2 is 2.12 bits per heavy atom. The third-order valence-electron chi connectivity index (χ3n) is 3.56. The standard InChI is InChI=1S/C16H14Cl2N4OS/c1-4-7-22-13-10(17)5-6-11(18)14(13)24-16(22)20-15(23)12-9(2)8-19-21(12)3/h4-6,8H,1,7H2,2-3H3. The van der Waals surface area contributed by atoms with E-state index in [1.165, 1.54) is 16.0 Å². The number of rotatable bonds is 3. The van der Waals surface area contributed by atoms with E-state index in [-0.39, 0.29) is 5.91 Å². The lowest BCUT2D eigenvalue weighted by molar-refractivity contribution is 0.0988. The zero-order valence-corrected chi connectivity index (χ0v) is 15.4. The Kier molecular flexibility index (Phi) is 4.62. The molecule has 2 heterocycles. The molecule has 0 atom stereocenters. The van der Waals surface area contributed by atoms with Crippen molar-refractivity contribution in [1.82, 2.24) is 14.3 Å². The first-order chi connectivity index (χ1) is 11.4. The van der Waals surface area contributed by atoms with Gasteiger partial charge in [0.15, 0.2) is 4.80 Å². The molecule has 0 saturated heterocycles. The first kappa shape index (κ1) is 17.0. The average Bonchev–Trinajstić information content (AvgIpc) is 3.05. The summed E-state index contributed by atoms with van der Waals surface area (Å²) < 4.78 is 4.15. The summed E-state index contributed by atoms with van der Waals surface area (Å²) in [5, 5.41) is 5.21. The van der Waals surface area contributed by atoms with Crippen LogP contribution in [0, 0.1) is 6.92 Å². The minimum Gasteiger partial charge on any atom is -0.311 e. The summed E-state index contributed by atoms with van der Waals surface area (Å²) in [6, 6.07) is 3.47. The monoisotopic (exact) mass is 380 g/mol. The lowest BCUT2D eigenvalue weighted by Gasteiger charge is -2.03. The van der Waals surface area contributed by atoms with Gasteiger partial charge in [-0.15, -0.1) is 6.58 Å². The first-order valence-electron chi connectivity index (χ1n) is 7.10. The average molecular weight is 381 g/mol. The highest BCUT2D eigenvalue weighted by molar-refractivity contribution is 7.17. The minimum absolute atomic E-state index is 0.357. The molecule has 24 heavy (non-hydrogen) atoms. The van der Waals surface area contributed by atoms with E-state index in [0.717, 1.165) is 15.8 Å². The molecule has 1 amide bonds. The molecule has 0 N–H and O–H groups in total. The van der Waals surface area contributed by atoms with Crippen LogP contribution in [0.4, 0.5) is 0 Å². The largest absolute Gasteiger partial charge is 0.311 e. The number of nitrogens with zero attached hydrogens (tertiary/aromatic N) is 4. The van der Waals surface area contributed by atoms with Crippen LogP contribution in [0.1, 0.15) is 16.1 Å². The molecule has 2 aromatic heterocycles. The number of aryl methyl sites for hydroxylation is 2. The number of carbonyl (C=O) groups is 1. The number of hydrogen-bond acceptors (Lipinski definition) is 3. The zero-order chi connectivity index (χ0) is 17.4. The van der Waals surface area contributed by atoms with Crippen molar-refractivity contribution in [3.05, 3.63) is 57.1 Å². The molecule has 0 radical (unpaired) electrons. The van der Waals surface area contributed by atoms with Crippen molar-refractivity contribution in [3.63, 3.8) is 0 Å². The topological polar surface area (TPSA) is 52.2 Å². The van der Waals surface area contributed by atoms with Gasteiger partial charge in [-0.05, 0) is 19.1 Å². The summed E-state index contributed by atoms with van der Waals surface area (Å²) in [6.07, 6.45) is 3.36. The number of allylic oxidation sites excluding steroid dienone is 1. The minimum atomic E-state index is -0.357. The van der Waals surface area contributed by atoms with Gasteiger partial charge in [0.2, 0.25) is 0 Å². The van der Waals surface area contributed by atoms with Gasteiger partial charge in [0.1, 0.15) is 5.69 Å². The molecule has 0 fully saturated rings. The lowest BCUT2D eigenvalue weighted by atomic mass is 10.3. The van der Waals surface area contributed by atoms with E-state index in [0.29, 0.717) is 27.1 Å². The maximum atomic E-state index is 12.6. The lowest BCUT2D eigenvalue weighted by Crippen LogP contribution is -2.18. The van der Waals surface area contributed by atoms with Crippen molar-refractivity contribution in [3.8, 4) is 0 Å². The fraction of sp³-hybridized carbons (Fsp3) is 0.188. The molecule has 3 aromatic rings. The second kappa shape index (κ2) is 6.55. The molecule has 8 heteroatoms. The molecule has 124 valence electrons. The van der Waals surface area contributed by atoms with Crippen molar-refractivity contribution in [2.75, 3.05) is 0 Å². The van der Waals surface area contributed by atoms with Gasteiger partial charge in [-0.2, -0.15) is 10.1 Å². The Morgan fingerprint density at radius 1 is 1.42 bits per heavy atom. The Hall–Kier alpha value is -1.89. The number of benzene rings is 1. The fourth-order valence-electron chi connectivity index (χ4n) is 2.49. The van der Waals surface area contributed by atoms with Gasteiger partial charge in [0, 0.05) is 19.2 Å². The Balaban J connectivity index is 2.27. The molecule has 0 bridgehead atoms. The molecule has 0 aliphatic rings. The van der Waals surface area contributed by atoms with Crippen LogP contribution in [0.25, 0.3) is 10.2 Å². The first-order valence-corrected chi connectivity index (χ1v) is 8.67. The number of fused-ring (bicyclic) bond motifs is 1. The normalized spacial score (nSPS) is 12.1. The van der Waals surface area contributed by atoms with Crippen molar-refractivity contribution in [1.29, 1.82) is 0 Å². The third-order valence-corrected chi connectivity index (χ3v) is 5.41. The van der Waals surface area contributed by atoms with Crippen molar-refractivity contribution < 1.29 is 4.79 Å². The summed E-state index contributed by atoms with van der Waals surface area (Å²) in [6.45, 7) is 6.05. The Bertz CT molecular complexity index is 1010. The summed E-state index contributed by atoms with van der Waals surface area (Å²) in [4.78, 5) is 17.4. The molecule has 0 saturated carbocycles. The van der Waals surface area contributed by atoms with Gasteiger partial charge in [-0.3, -0.25) is 9.48 Å². The molecular weight excluding hydrogens is 367 g/mol. The van der Waals surface area contributed by atoms with Gasteiger partial charge >= 0.3 is 0 Å². The van der Waals surface area contributed by atoms with Gasteiger partial charge in [0.05, 0.1) is 26.5 Å². The molecule has 3 rings (SSSR count). The molecule has 0 spiro atoms.